The molecular formula is C20H32N2S. The van der Waals surface area contributed by atoms with Crippen LogP contribution in [0.1, 0.15) is 52.1 Å². The lowest BCUT2D eigenvalue weighted by Gasteiger charge is -1.82. The molecule has 1 aromatic carbocycles. The molecule has 128 valence electrons. The Morgan fingerprint density at radius 2 is 1.26 bits per heavy atom. The molecule has 0 radical (unpaired) electrons. The van der Waals surface area contributed by atoms with E-state index in [1.807, 2.05) is 85.7 Å². The van der Waals surface area contributed by atoms with Gasteiger partial charge in [0.05, 0.1) is 15.2 Å². The molecule has 3 rings (SSSR count). The summed E-state index contributed by atoms with van der Waals surface area (Å²) in [4.78, 5) is 8.18. The van der Waals surface area contributed by atoms with Crippen molar-refractivity contribution in [2.75, 3.05) is 0 Å². The van der Waals surface area contributed by atoms with Crippen LogP contribution in [-0.2, 0) is 0 Å². The number of hydrogen-bond acceptors (Lipinski definition) is 3. The number of nitrogens with zero attached hydrogens (tertiary/aromatic N) is 2. The zero-order valence-corrected chi connectivity index (χ0v) is 16.7. The Kier molecular flexibility index (Phi) is 17.0. The first-order valence-electron chi connectivity index (χ1n) is 8.44. The summed E-state index contributed by atoms with van der Waals surface area (Å²) in [5.41, 5.74) is 2.38. The van der Waals surface area contributed by atoms with Gasteiger partial charge in [-0.3, -0.25) is 4.98 Å². The summed E-state index contributed by atoms with van der Waals surface area (Å²) in [6, 6.07) is 12.1. The van der Waals surface area contributed by atoms with Gasteiger partial charge in [0.2, 0.25) is 0 Å². The largest absolute Gasteiger partial charge is 0.265 e. The van der Waals surface area contributed by atoms with Crippen LogP contribution in [0, 0.1) is 13.8 Å². The Labute approximate surface area is 146 Å². The van der Waals surface area contributed by atoms with E-state index in [9.17, 15) is 0 Å². The van der Waals surface area contributed by atoms with Crippen LogP contribution in [0.15, 0.2) is 48.8 Å². The molecule has 0 aliphatic heterocycles. The van der Waals surface area contributed by atoms with Crippen molar-refractivity contribution in [2.24, 2.45) is 0 Å². The minimum Gasteiger partial charge on any atom is -0.265 e. The molecule has 0 aliphatic rings. The van der Waals surface area contributed by atoms with Gasteiger partial charge in [-0.2, -0.15) is 0 Å². The van der Waals surface area contributed by atoms with Gasteiger partial charge < -0.3 is 0 Å². The molecule has 0 unspecified atom stereocenters. The van der Waals surface area contributed by atoms with E-state index in [1.165, 1.54) is 10.3 Å². The van der Waals surface area contributed by atoms with E-state index in [4.69, 9.17) is 0 Å². The SMILES string of the molecule is CC.CC.CC.Cc1ccncc1.Cc1nc2ccccc2s1. The van der Waals surface area contributed by atoms with Gasteiger partial charge in [-0.25, -0.2) is 4.98 Å². The first-order chi connectivity index (χ1) is 11.3. The minimum atomic E-state index is 1.12. The second-order valence-electron chi connectivity index (χ2n) is 3.73. The zero-order chi connectivity index (χ0) is 18.1. The number of pyridine rings is 1. The topological polar surface area (TPSA) is 25.8 Å². The molecule has 2 aromatic heterocycles. The minimum absolute atomic E-state index is 1.12. The van der Waals surface area contributed by atoms with Crippen molar-refractivity contribution in [3.63, 3.8) is 0 Å². The fraction of sp³-hybridized carbons (Fsp3) is 0.400. The van der Waals surface area contributed by atoms with Gasteiger partial charge in [0, 0.05) is 12.4 Å². The highest BCUT2D eigenvalue weighted by atomic mass is 32.1. The van der Waals surface area contributed by atoms with Crippen molar-refractivity contribution in [2.45, 2.75) is 55.4 Å². The molecule has 3 aromatic rings. The van der Waals surface area contributed by atoms with Gasteiger partial charge in [0.25, 0.3) is 0 Å². The summed E-state index contributed by atoms with van der Waals surface area (Å²) in [5, 5.41) is 1.14. The Morgan fingerprint density at radius 3 is 1.70 bits per heavy atom. The molecule has 0 aliphatic carbocycles. The highest BCUT2D eigenvalue weighted by Gasteiger charge is 1.95. The molecule has 0 fully saturated rings. The lowest BCUT2D eigenvalue weighted by Crippen LogP contribution is -1.68. The maximum absolute atomic E-state index is 4.33. The van der Waals surface area contributed by atoms with Crippen LogP contribution < -0.4 is 0 Å². The summed E-state index contributed by atoms with van der Waals surface area (Å²) in [7, 11) is 0. The Balaban J connectivity index is 0. The van der Waals surface area contributed by atoms with Crippen LogP contribution in [0.2, 0.25) is 0 Å². The molecule has 23 heavy (non-hydrogen) atoms. The van der Waals surface area contributed by atoms with Crippen molar-refractivity contribution in [3.8, 4) is 0 Å². The normalized spacial score (nSPS) is 8.00. The van der Waals surface area contributed by atoms with E-state index >= 15 is 0 Å². The van der Waals surface area contributed by atoms with Crippen LogP contribution >= 0.6 is 11.3 Å². The van der Waals surface area contributed by atoms with Gasteiger partial charge in [0.15, 0.2) is 0 Å². The van der Waals surface area contributed by atoms with Crippen LogP contribution in [0.4, 0.5) is 0 Å². The van der Waals surface area contributed by atoms with E-state index in [2.05, 4.69) is 16.0 Å². The summed E-state index contributed by atoms with van der Waals surface area (Å²) >= 11 is 1.74. The molecule has 2 nitrogen and oxygen atoms in total. The number of benzene rings is 1. The Morgan fingerprint density at radius 1 is 0.739 bits per heavy atom. The van der Waals surface area contributed by atoms with Crippen molar-refractivity contribution in [1.82, 2.24) is 9.97 Å². The van der Waals surface area contributed by atoms with E-state index in [-0.39, 0.29) is 0 Å². The van der Waals surface area contributed by atoms with E-state index in [0.29, 0.717) is 0 Å². The fourth-order valence-corrected chi connectivity index (χ4v) is 2.24. The van der Waals surface area contributed by atoms with Crippen molar-refractivity contribution in [1.29, 1.82) is 0 Å². The number of rotatable bonds is 0. The van der Waals surface area contributed by atoms with Crippen LogP contribution in [0.3, 0.4) is 0 Å². The standard InChI is InChI=1S/C8H7NS.C6H7N.3C2H6/c1-6-9-7-4-2-3-5-8(7)10-6;1-6-2-4-7-5-3-6;3*1-2/h2-5H,1H3;2-5H,1H3;3*1-2H3. The molecule has 0 saturated heterocycles. The monoisotopic (exact) mass is 332 g/mol. The number of aryl methyl sites for hydroxylation is 2. The van der Waals surface area contributed by atoms with E-state index < -0.39 is 0 Å². The number of fused-ring (bicyclic) bond motifs is 1. The number of thiazole rings is 1. The van der Waals surface area contributed by atoms with Gasteiger partial charge in [-0.15, -0.1) is 11.3 Å². The molecule has 0 N–H and O–H groups in total. The van der Waals surface area contributed by atoms with Crippen molar-refractivity contribution >= 4 is 21.6 Å². The highest BCUT2D eigenvalue weighted by molar-refractivity contribution is 7.18. The van der Waals surface area contributed by atoms with Crippen LogP contribution in [-0.4, -0.2) is 9.97 Å². The van der Waals surface area contributed by atoms with Crippen molar-refractivity contribution in [3.05, 3.63) is 59.4 Å². The van der Waals surface area contributed by atoms with Gasteiger partial charge in [0.1, 0.15) is 0 Å². The summed E-state index contributed by atoms with van der Waals surface area (Å²) in [6.07, 6.45) is 3.57. The second kappa shape index (κ2) is 16.6. The van der Waals surface area contributed by atoms with E-state index in [0.717, 1.165) is 10.5 Å². The van der Waals surface area contributed by atoms with Gasteiger partial charge in [-0.05, 0) is 43.7 Å². The predicted molar refractivity (Wildman–Crippen MR) is 107 cm³/mol. The second-order valence-corrected chi connectivity index (χ2v) is 4.96. The molecule has 0 saturated carbocycles. The summed E-state index contributed by atoms with van der Waals surface area (Å²) in [6.45, 7) is 16.1. The third-order valence-corrected chi connectivity index (χ3v) is 3.20. The smallest absolute Gasteiger partial charge is 0.0907 e. The fourth-order valence-electron chi connectivity index (χ4n) is 1.41. The first kappa shape index (κ1) is 23.5. The van der Waals surface area contributed by atoms with Crippen LogP contribution in [0.5, 0.6) is 0 Å². The predicted octanol–water partition coefficient (Wildman–Crippen LogP) is 7.07. The quantitative estimate of drug-likeness (QED) is 0.440. The average Bonchev–Trinajstić information content (AvgIpc) is 3.01. The van der Waals surface area contributed by atoms with Crippen molar-refractivity contribution < 1.29 is 0 Å². The third kappa shape index (κ3) is 10.6. The third-order valence-electron chi connectivity index (χ3n) is 2.25. The number of aromatic nitrogens is 2. The highest BCUT2D eigenvalue weighted by Crippen LogP contribution is 2.19. The van der Waals surface area contributed by atoms with Gasteiger partial charge >= 0.3 is 0 Å². The summed E-state index contributed by atoms with van der Waals surface area (Å²) in [5.74, 6) is 0. The summed E-state index contributed by atoms with van der Waals surface area (Å²) < 4.78 is 1.28. The molecule has 0 spiro atoms. The number of hydrogen-bond donors (Lipinski definition) is 0. The average molecular weight is 333 g/mol. The zero-order valence-electron chi connectivity index (χ0n) is 15.9. The lowest BCUT2D eigenvalue weighted by atomic mass is 10.3. The molecule has 3 heteroatoms. The van der Waals surface area contributed by atoms with Gasteiger partial charge in [-0.1, -0.05) is 53.7 Å². The Hall–Kier alpha value is -1.74. The van der Waals surface area contributed by atoms with Crippen LogP contribution in [0.25, 0.3) is 10.2 Å². The first-order valence-corrected chi connectivity index (χ1v) is 9.26. The molecule has 0 bridgehead atoms. The molecule has 2 heterocycles. The molecular weight excluding hydrogens is 300 g/mol. The maximum Gasteiger partial charge on any atom is 0.0907 e. The number of para-hydroxylation sites is 1. The molecule has 0 amide bonds. The lowest BCUT2D eigenvalue weighted by molar-refractivity contribution is 1.29. The molecule has 0 atom stereocenters. The van der Waals surface area contributed by atoms with E-state index in [1.54, 1.807) is 23.7 Å². The maximum atomic E-state index is 4.33. The Bertz CT molecular complexity index is 556.